The summed E-state index contributed by atoms with van der Waals surface area (Å²) >= 11 is 0. The molecule has 10 heteroatoms. The van der Waals surface area contributed by atoms with Crippen LogP contribution in [-0.2, 0) is 20.9 Å². The number of hydrogen-bond donors (Lipinski definition) is 4. The van der Waals surface area contributed by atoms with Crippen LogP contribution in [0.25, 0.3) is 10.9 Å². The molecule has 0 spiro atoms. The number of aliphatic carboxylic acids is 2. The number of carbonyl (C=O) groups is 3. The number of H-pyrrole nitrogens is 1. The van der Waals surface area contributed by atoms with Crippen molar-refractivity contribution in [3.8, 4) is 0 Å². The van der Waals surface area contributed by atoms with Gasteiger partial charge in [0.2, 0.25) is 5.91 Å². The molecule has 3 atom stereocenters. The fourth-order valence-corrected chi connectivity index (χ4v) is 5.53. The first-order valence-corrected chi connectivity index (χ1v) is 11.6. The third kappa shape index (κ3) is 4.44. The van der Waals surface area contributed by atoms with Gasteiger partial charge in [0.1, 0.15) is 6.04 Å². The lowest BCUT2D eigenvalue weighted by molar-refractivity contribution is -0.145. The van der Waals surface area contributed by atoms with Crippen molar-refractivity contribution in [1.82, 2.24) is 14.5 Å². The molecule has 2 aromatic heterocycles. The standard InChI is InChI=1S/C25H26N4O6/c30-21(6-7-23(32)33)27-16-4-5-17-18(10-26-19(17)9-16)24(25(34)35)28-11-14-8-15(13-28)20-2-1-3-22(31)29(20)12-14/h1-5,9-10,14-15,24,26H,6-8,11-13H2,(H,27,30)(H,32,33)(H,34,35)/t14-,15-,24-/m1/s1. The zero-order valence-corrected chi connectivity index (χ0v) is 18.9. The summed E-state index contributed by atoms with van der Waals surface area (Å²) in [6, 6.07) is 9.60. The zero-order chi connectivity index (χ0) is 24.7. The van der Waals surface area contributed by atoms with Crippen LogP contribution >= 0.6 is 0 Å². The molecule has 0 aliphatic carbocycles. The first kappa shape index (κ1) is 22.9. The Morgan fingerprint density at radius 2 is 1.91 bits per heavy atom. The maximum absolute atomic E-state index is 12.5. The second kappa shape index (κ2) is 9.03. The van der Waals surface area contributed by atoms with Crippen LogP contribution in [0.3, 0.4) is 0 Å². The van der Waals surface area contributed by atoms with E-state index >= 15 is 0 Å². The molecule has 2 aliphatic rings. The van der Waals surface area contributed by atoms with E-state index < -0.39 is 23.9 Å². The van der Waals surface area contributed by atoms with Crippen molar-refractivity contribution in [1.29, 1.82) is 0 Å². The molecule has 2 aliphatic heterocycles. The summed E-state index contributed by atoms with van der Waals surface area (Å²) in [5.41, 5.74) is 2.77. The molecule has 1 fully saturated rings. The molecule has 5 rings (SSSR count). The second-order valence-electron chi connectivity index (χ2n) is 9.34. The minimum atomic E-state index is -1.04. The number of fused-ring (bicyclic) bond motifs is 5. The lowest BCUT2D eigenvalue weighted by Gasteiger charge is -2.44. The minimum absolute atomic E-state index is 0.0112. The summed E-state index contributed by atoms with van der Waals surface area (Å²) in [4.78, 5) is 52.6. The van der Waals surface area contributed by atoms with Crippen molar-refractivity contribution in [3.05, 3.63) is 64.2 Å². The summed E-state index contributed by atoms with van der Waals surface area (Å²) in [5.74, 6) is -2.10. The Morgan fingerprint density at radius 3 is 2.69 bits per heavy atom. The molecule has 2 bridgehead atoms. The predicted octanol–water partition coefficient (Wildman–Crippen LogP) is 2.38. The van der Waals surface area contributed by atoms with Gasteiger partial charge in [0.05, 0.1) is 6.42 Å². The van der Waals surface area contributed by atoms with Crippen molar-refractivity contribution >= 4 is 34.4 Å². The number of anilines is 1. The van der Waals surface area contributed by atoms with Crippen molar-refractivity contribution in [2.75, 3.05) is 18.4 Å². The quantitative estimate of drug-likeness (QED) is 0.408. The number of aromatic amines is 1. The number of nitrogens with zero attached hydrogens (tertiary/aromatic N) is 2. The molecule has 0 radical (unpaired) electrons. The highest BCUT2D eigenvalue weighted by molar-refractivity contribution is 5.96. The Balaban J connectivity index is 1.40. The highest BCUT2D eigenvalue weighted by Crippen LogP contribution is 2.39. The third-order valence-corrected chi connectivity index (χ3v) is 6.97. The van der Waals surface area contributed by atoms with Gasteiger partial charge in [-0.1, -0.05) is 12.1 Å². The fraction of sp³-hybridized carbons (Fsp3) is 0.360. The van der Waals surface area contributed by atoms with Gasteiger partial charge in [0, 0.05) is 72.1 Å². The van der Waals surface area contributed by atoms with Gasteiger partial charge in [0.25, 0.3) is 5.56 Å². The molecule has 182 valence electrons. The Hall–Kier alpha value is -3.92. The number of nitrogens with one attached hydrogen (secondary N) is 2. The molecule has 10 nitrogen and oxygen atoms in total. The maximum atomic E-state index is 12.5. The van der Waals surface area contributed by atoms with E-state index in [2.05, 4.69) is 10.3 Å². The molecule has 3 aromatic rings. The maximum Gasteiger partial charge on any atom is 0.325 e. The number of amides is 1. The normalized spacial score (nSPS) is 20.2. The number of carboxylic acids is 2. The number of carboxylic acid groups (broad SMARTS) is 2. The highest BCUT2D eigenvalue weighted by atomic mass is 16.4. The largest absolute Gasteiger partial charge is 0.481 e. The number of pyridine rings is 1. The van der Waals surface area contributed by atoms with Crippen LogP contribution in [0.2, 0.25) is 0 Å². The molecule has 1 amide bonds. The van der Waals surface area contributed by atoms with Crippen LogP contribution < -0.4 is 10.9 Å². The SMILES string of the molecule is O=C(O)CCC(=O)Nc1ccc2c([C@H](C(=O)O)N3C[C@H]4C[C@H](C3)c3cccc(=O)n3C4)c[nH]c2c1. The van der Waals surface area contributed by atoms with Gasteiger partial charge in [-0.2, -0.15) is 0 Å². The van der Waals surface area contributed by atoms with Gasteiger partial charge >= 0.3 is 11.9 Å². The number of likely N-dealkylation sites (tertiary alicyclic amines) is 1. The summed E-state index contributed by atoms with van der Waals surface area (Å²) in [7, 11) is 0. The van der Waals surface area contributed by atoms with Gasteiger partial charge in [0.15, 0.2) is 0 Å². The Kier molecular flexibility index (Phi) is 5.89. The minimum Gasteiger partial charge on any atom is -0.481 e. The topological polar surface area (TPSA) is 145 Å². The van der Waals surface area contributed by atoms with E-state index in [1.54, 1.807) is 36.5 Å². The number of benzene rings is 1. The molecule has 4 N–H and O–H groups in total. The average molecular weight is 479 g/mol. The van der Waals surface area contributed by atoms with Crippen molar-refractivity contribution < 1.29 is 24.6 Å². The van der Waals surface area contributed by atoms with Crippen molar-refractivity contribution in [2.24, 2.45) is 5.92 Å². The van der Waals surface area contributed by atoms with Gasteiger partial charge < -0.3 is 25.1 Å². The van der Waals surface area contributed by atoms with Gasteiger partial charge in [-0.25, -0.2) is 0 Å². The van der Waals surface area contributed by atoms with E-state index in [-0.39, 0.29) is 30.2 Å². The molecule has 35 heavy (non-hydrogen) atoms. The monoisotopic (exact) mass is 478 g/mol. The Labute approximate surface area is 200 Å². The molecule has 0 saturated carbocycles. The van der Waals surface area contributed by atoms with Crippen LogP contribution in [0.5, 0.6) is 0 Å². The van der Waals surface area contributed by atoms with E-state index in [4.69, 9.17) is 5.11 Å². The van der Waals surface area contributed by atoms with Crippen molar-refractivity contribution in [3.63, 3.8) is 0 Å². The number of carbonyl (C=O) groups excluding carboxylic acids is 1. The van der Waals surface area contributed by atoms with Gasteiger partial charge in [-0.15, -0.1) is 0 Å². The summed E-state index contributed by atoms with van der Waals surface area (Å²) in [6.45, 7) is 1.72. The van der Waals surface area contributed by atoms with Gasteiger partial charge in [-0.05, 0) is 30.5 Å². The molecule has 1 saturated heterocycles. The highest BCUT2D eigenvalue weighted by Gasteiger charge is 2.40. The average Bonchev–Trinajstić information content (AvgIpc) is 3.21. The van der Waals surface area contributed by atoms with Gasteiger partial charge in [-0.3, -0.25) is 24.1 Å². The first-order chi connectivity index (χ1) is 16.8. The van der Waals surface area contributed by atoms with Crippen LogP contribution in [0.15, 0.2) is 47.4 Å². The predicted molar refractivity (Wildman–Crippen MR) is 127 cm³/mol. The van der Waals surface area contributed by atoms with Crippen LogP contribution in [0.1, 0.15) is 42.5 Å². The number of aromatic nitrogens is 2. The molecular weight excluding hydrogens is 452 g/mol. The zero-order valence-electron chi connectivity index (χ0n) is 18.9. The molecule has 0 unspecified atom stereocenters. The lowest BCUT2D eigenvalue weighted by Crippen LogP contribution is -2.49. The fourth-order valence-electron chi connectivity index (χ4n) is 5.53. The molecular formula is C25H26N4O6. The van der Waals surface area contributed by atoms with E-state index in [1.165, 1.54) is 0 Å². The summed E-state index contributed by atoms with van der Waals surface area (Å²) in [5, 5.41) is 22.4. The Morgan fingerprint density at radius 1 is 1.09 bits per heavy atom. The second-order valence-corrected chi connectivity index (χ2v) is 9.34. The summed E-state index contributed by atoms with van der Waals surface area (Å²) in [6.07, 6.45) is 2.25. The Bertz CT molecular complexity index is 1380. The van der Waals surface area contributed by atoms with Crippen LogP contribution in [0, 0.1) is 5.92 Å². The first-order valence-electron chi connectivity index (χ1n) is 11.6. The third-order valence-electron chi connectivity index (χ3n) is 6.97. The summed E-state index contributed by atoms with van der Waals surface area (Å²) < 4.78 is 1.82. The number of rotatable bonds is 7. The smallest absolute Gasteiger partial charge is 0.325 e. The van der Waals surface area contributed by atoms with E-state index in [9.17, 15) is 24.3 Å². The molecule has 4 heterocycles. The lowest BCUT2D eigenvalue weighted by atomic mass is 9.82. The van der Waals surface area contributed by atoms with E-state index in [0.717, 1.165) is 17.5 Å². The van der Waals surface area contributed by atoms with Crippen LogP contribution in [0.4, 0.5) is 5.69 Å². The van der Waals surface area contributed by atoms with Crippen LogP contribution in [-0.4, -0.2) is 55.6 Å². The van der Waals surface area contributed by atoms with E-state index in [0.29, 0.717) is 36.4 Å². The number of hydrogen-bond acceptors (Lipinski definition) is 5. The number of piperidine rings is 1. The molecule has 1 aromatic carbocycles. The van der Waals surface area contributed by atoms with E-state index in [1.807, 2.05) is 15.5 Å². The van der Waals surface area contributed by atoms with Crippen molar-refractivity contribution in [2.45, 2.75) is 37.8 Å².